The molecule has 2 rings (SSSR count). The van der Waals surface area contributed by atoms with Crippen LogP contribution in [0.25, 0.3) is 0 Å². The van der Waals surface area contributed by atoms with E-state index in [0.29, 0.717) is 31.1 Å². The fraction of sp³-hybridized carbons (Fsp3) is 0.667. The third-order valence-electron chi connectivity index (χ3n) is 4.00. The Balaban J connectivity index is 1.94. The first-order chi connectivity index (χ1) is 10.5. The quantitative estimate of drug-likeness (QED) is 0.515. The van der Waals surface area contributed by atoms with Crippen molar-refractivity contribution in [3.8, 4) is 5.75 Å². The molecule has 0 heterocycles. The van der Waals surface area contributed by atoms with Gasteiger partial charge in [0.15, 0.2) is 5.72 Å². The zero-order valence-electron chi connectivity index (χ0n) is 13.7. The number of hydrogen-bond acceptors (Lipinski definition) is 4. The van der Waals surface area contributed by atoms with Crippen molar-refractivity contribution in [1.29, 1.82) is 0 Å². The molecule has 1 aromatic rings. The molecule has 0 saturated heterocycles. The lowest BCUT2D eigenvalue weighted by atomic mass is 9.95. The van der Waals surface area contributed by atoms with E-state index in [-0.39, 0.29) is 0 Å². The number of nitrogens with two attached hydrogens (primary N) is 1. The molecule has 0 aromatic heterocycles. The Kier molecular flexibility index (Phi) is 6.24. The van der Waals surface area contributed by atoms with Crippen LogP contribution >= 0.6 is 0 Å². The topological polar surface area (TPSA) is 64.7 Å². The van der Waals surface area contributed by atoms with E-state index in [0.717, 1.165) is 12.5 Å². The highest BCUT2D eigenvalue weighted by atomic mass is 16.5. The maximum atomic E-state index is 10.5. The van der Waals surface area contributed by atoms with E-state index in [4.69, 9.17) is 15.2 Å². The number of hydrogen-bond donors (Lipinski definition) is 2. The average Bonchev–Trinajstić information content (AvgIpc) is 3.28. The largest absolute Gasteiger partial charge is 0.470 e. The monoisotopic (exact) mass is 307 g/mol. The van der Waals surface area contributed by atoms with Crippen molar-refractivity contribution in [1.82, 2.24) is 0 Å². The molecule has 0 aliphatic heterocycles. The van der Waals surface area contributed by atoms with Crippen LogP contribution in [0, 0.1) is 11.8 Å². The van der Waals surface area contributed by atoms with E-state index < -0.39 is 11.8 Å². The molecule has 0 amide bonds. The Morgan fingerprint density at radius 3 is 2.55 bits per heavy atom. The molecule has 2 unspecified atom stereocenters. The van der Waals surface area contributed by atoms with Crippen molar-refractivity contribution >= 4 is 0 Å². The van der Waals surface area contributed by atoms with Gasteiger partial charge in [-0.1, -0.05) is 32.0 Å². The van der Waals surface area contributed by atoms with E-state index >= 15 is 0 Å². The Hall–Kier alpha value is -1.10. The molecule has 22 heavy (non-hydrogen) atoms. The summed E-state index contributed by atoms with van der Waals surface area (Å²) in [6.45, 7) is 5.43. The normalized spacial score (nSPS) is 19.0. The molecule has 1 aliphatic rings. The fourth-order valence-electron chi connectivity index (χ4n) is 2.41. The van der Waals surface area contributed by atoms with Crippen molar-refractivity contribution < 1.29 is 14.6 Å². The maximum Gasteiger partial charge on any atom is 0.186 e. The number of benzene rings is 1. The predicted octanol–water partition coefficient (Wildman–Crippen LogP) is 2.94. The predicted molar refractivity (Wildman–Crippen MR) is 87.6 cm³/mol. The summed E-state index contributed by atoms with van der Waals surface area (Å²) in [7, 11) is 0. The second-order valence-electron chi connectivity index (χ2n) is 6.78. The zero-order chi connectivity index (χ0) is 16.0. The van der Waals surface area contributed by atoms with E-state index in [1.54, 1.807) is 0 Å². The second-order valence-corrected chi connectivity index (χ2v) is 6.78. The molecule has 4 nitrogen and oxygen atoms in total. The fourth-order valence-corrected chi connectivity index (χ4v) is 2.41. The summed E-state index contributed by atoms with van der Waals surface area (Å²) in [5, 5.41) is 10.5. The average molecular weight is 307 g/mol. The molecule has 3 N–H and O–H groups in total. The minimum Gasteiger partial charge on any atom is -0.470 e. The smallest absolute Gasteiger partial charge is 0.186 e. The van der Waals surface area contributed by atoms with Crippen LogP contribution in [0.4, 0.5) is 0 Å². The first-order valence-corrected chi connectivity index (χ1v) is 8.28. The molecule has 1 aromatic carbocycles. The summed E-state index contributed by atoms with van der Waals surface area (Å²) < 4.78 is 11.6. The summed E-state index contributed by atoms with van der Waals surface area (Å²) in [5.41, 5.74) is 5.29. The molecule has 0 radical (unpaired) electrons. The number of rotatable bonds is 10. The molecule has 124 valence electrons. The highest BCUT2D eigenvalue weighted by Gasteiger charge is 2.36. The molecular formula is C18H29NO3. The van der Waals surface area contributed by atoms with Crippen LogP contribution < -0.4 is 10.5 Å². The second kappa shape index (κ2) is 7.95. The summed E-state index contributed by atoms with van der Waals surface area (Å²) >= 11 is 0. The molecular weight excluding hydrogens is 278 g/mol. The van der Waals surface area contributed by atoms with Crippen LogP contribution in [0.15, 0.2) is 30.3 Å². The van der Waals surface area contributed by atoms with Gasteiger partial charge in [-0.2, -0.15) is 0 Å². The lowest BCUT2D eigenvalue weighted by Gasteiger charge is -2.35. The van der Waals surface area contributed by atoms with Gasteiger partial charge in [-0.15, -0.1) is 0 Å². The van der Waals surface area contributed by atoms with Crippen molar-refractivity contribution in [3.63, 3.8) is 0 Å². The van der Waals surface area contributed by atoms with Gasteiger partial charge in [-0.05, 0) is 43.2 Å². The Morgan fingerprint density at radius 1 is 1.27 bits per heavy atom. The number of ether oxygens (including phenoxy) is 2. The first-order valence-electron chi connectivity index (χ1n) is 8.28. The summed E-state index contributed by atoms with van der Waals surface area (Å²) in [6.07, 6.45) is 2.89. The van der Waals surface area contributed by atoms with Crippen molar-refractivity contribution in [2.24, 2.45) is 17.6 Å². The minimum absolute atomic E-state index is 0.352. The van der Waals surface area contributed by atoms with Gasteiger partial charge in [-0.3, -0.25) is 5.73 Å². The van der Waals surface area contributed by atoms with Gasteiger partial charge < -0.3 is 14.6 Å². The van der Waals surface area contributed by atoms with E-state index in [1.165, 1.54) is 12.8 Å². The van der Waals surface area contributed by atoms with Crippen molar-refractivity contribution in [2.45, 2.75) is 51.4 Å². The van der Waals surface area contributed by atoms with Crippen LogP contribution in [0.5, 0.6) is 5.75 Å². The minimum atomic E-state index is -1.12. The third-order valence-corrected chi connectivity index (χ3v) is 4.00. The lowest BCUT2D eigenvalue weighted by Crippen LogP contribution is -2.56. The SMILES string of the molecule is CC(C)CC(O)C(N)(CCOCC1CC1)Oc1ccccc1. The van der Waals surface area contributed by atoms with Crippen LogP contribution in [-0.2, 0) is 4.74 Å². The summed E-state index contributed by atoms with van der Waals surface area (Å²) in [4.78, 5) is 0. The summed E-state index contributed by atoms with van der Waals surface area (Å²) in [6, 6.07) is 9.43. The third kappa shape index (κ3) is 5.59. The van der Waals surface area contributed by atoms with Gasteiger partial charge in [0.25, 0.3) is 0 Å². The molecule has 2 atom stereocenters. The molecule has 0 spiro atoms. The molecule has 1 fully saturated rings. The van der Waals surface area contributed by atoms with Gasteiger partial charge in [0, 0.05) is 13.0 Å². The van der Waals surface area contributed by atoms with Crippen LogP contribution in [0.1, 0.15) is 39.5 Å². The first kappa shape index (κ1) is 17.3. The van der Waals surface area contributed by atoms with Gasteiger partial charge in [0.2, 0.25) is 0 Å². The Bertz CT molecular complexity index is 433. The lowest BCUT2D eigenvalue weighted by molar-refractivity contribution is -0.0775. The number of para-hydroxylation sites is 1. The van der Waals surface area contributed by atoms with Crippen molar-refractivity contribution in [2.75, 3.05) is 13.2 Å². The van der Waals surface area contributed by atoms with Crippen molar-refractivity contribution in [3.05, 3.63) is 30.3 Å². The highest BCUT2D eigenvalue weighted by Crippen LogP contribution is 2.29. The zero-order valence-corrected chi connectivity index (χ0v) is 13.7. The molecule has 4 heteroatoms. The van der Waals surface area contributed by atoms with Gasteiger partial charge in [0.1, 0.15) is 11.9 Å². The number of aliphatic hydroxyl groups is 1. The van der Waals surface area contributed by atoms with Gasteiger partial charge >= 0.3 is 0 Å². The molecule has 0 bridgehead atoms. The Morgan fingerprint density at radius 2 is 1.95 bits per heavy atom. The van der Waals surface area contributed by atoms with Crippen LogP contribution in [0.2, 0.25) is 0 Å². The van der Waals surface area contributed by atoms with E-state index in [9.17, 15) is 5.11 Å². The van der Waals surface area contributed by atoms with E-state index in [2.05, 4.69) is 13.8 Å². The summed E-state index contributed by atoms with van der Waals surface area (Å²) in [5.74, 6) is 1.75. The highest BCUT2D eigenvalue weighted by molar-refractivity contribution is 5.22. The maximum absolute atomic E-state index is 10.5. The van der Waals surface area contributed by atoms with Gasteiger partial charge in [-0.25, -0.2) is 0 Å². The van der Waals surface area contributed by atoms with E-state index in [1.807, 2.05) is 30.3 Å². The number of aliphatic hydroxyl groups excluding tert-OH is 1. The van der Waals surface area contributed by atoms with Crippen LogP contribution in [0.3, 0.4) is 0 Å². The molecule has 1 saturated carbocycles. The molecule has 1 aliphatic carbocycles. The standard InChI is InChI=1S/C18H29NO3/c1-14(2)12-17(20)18(19,10-11-21-13-15-8-9-15)22-16-6-4-3-5-7-16/h3-7,14-15,17,20H,8-13,19H2,1-2H3. The van der Waals surface area contributed by atoms with Gasteiger partial charge in [0.05, 0.1) is 6.61 Å². The van der Waals surface area contributed by atoms with Crippen LogP contribution in [-0.4, -0.2) is 30.1 Å². The Labute approximate surface area is 133 Å².